The smallest absolute Gasteiger partial charge is 0.279 e. The first-order valence-corrected chi connectivity index (χ1v) is 10.4. The van der Waals surface area contributed by atoms with Crippen LogP contribution in [0.4, 0.5) is 5.69 Å². The fourth-order valence-corrected chi connectivity index (χ4v) is 4.39. The number of benzene rings is 2. The van der Waals surface area contributed by atoms with Gasteiger partial charge in [-0.15, -0.1) is 5.10 Å². The number of fused-ring (bicyclic) bond motifs is 2. The van der Waals surface area contributed by atoms with E-state index in [0.717, 1.165) is 46.5 Å². The van der Waals surface area contributed by atoms with Crippen molar-refractivity contribution in [2.75, 3.05) is 5.32 Å². The van der Waals surface area contributed by atoms with Gasteiger partial charge in [0.1, 0.15) is 6.54 Å². The predicted molar refractivity (Wildman–Crippen MR) is 119 cm³/mol. The average Bonchev–Trinajstić information content (AvgIpc) is 3.39. The SMILES string of the molecule is Cc1cc(C)cc(NC(=O)Cn2c3c(c(=O)n4nc(-c5ccccc5)nc24)CCC3)c1. The zero-order chi connectivity index (χ0) is 21.5. The van der Waals surface area contributed by atoms with E-state index >= 15 is 0 Å². The number of anilines is 1. The summed E-state index contributed by atoms with van der Waals surface area (Å²) in [4.78, 5) is 30.6. The number of hydrogen-bond acceptors (Lipinski definition) is 4. The number of nitrogens with zero attached hydrogens (tertiary/aromatic N) is 4. The van der Waals surface area contributed by atoms with E-state index in [1.54, 1.807) is 0 Å². The van der Waals surface area contributed by atoms with E-state index in [0.29, 0.717) is 18.0 Å². The van der Waals surface area contributed by atoms with E-state index < -0.39 is 0 Å². The van der Waals surface area contributed by atoms with Crippen molar-refractivity contribution in [2.45, 2.75) is 39.7 Å². The van der Waals surface area contributed by atoms with Gasteiger partial charge in [0.05, 0.1) is 0 Å². The van der Waals surface area contributed by atoms with Crippen molar-refractivity contribution in [3.63, 3.8) is 0 Å². The molecule has 0 saturated heterocycles. The average molecular weight is 413 g/mol. The van der Waals surface area contributed by atoms with Crippen LogP contribution >= 0.6 is 0 Å². The topological polar surface area (TPSA) is 81.3 Å². The maximum atomic E-state index is 13.0. The molecule has 0 radical (unpaired) electrons. The highest BCUT2D eigenvalue weighted by molar-refractivity contribution is 5.91. The van der Waals surface area contributed by atoms with Crippen molar-refractivity contribution in [3.8, 4) is 11.4 Å². The molecule has 5 rings (SSSR count). The van der Waals surface area contributed by atoms with E-state index in [9.17, 15) is 9.59 Å². The van der Waals surface area contributed by atoms with Crippen LogP contribution in [-0.4, -0.2) is 25.1 Å². The minimum Gasteiger partial charge on any atom is -0.325 e. The number of carbonyl (C=O) groups excluding carboxylic acids is 1. The molecule has 0 atom stereocenters. The Bertz CT molecular complexity index is 1350. The molecule has 31 heavy (non-hydrogen) atoms. The number of carbonyl (C=O) groups is 1. The summed E-state index contributed by atoms with van der Waals surface area (Å²) in [5.74, 6) is 0.721. The summed E-state index contributed by atoms with van der Waals surface area (Å²) in [6.45, 7) is 4.08. The summed E-state index contributed by atoms with van der Waals surface area (Å²) in [6, 6.07) is 15.5. The number of rotatable bonds is 4. The number of aryl methyl sites for hydroxylation is 2. The first kappa shape index (κ1) is 19.2. The molecule has 4 aromatic rings. The van der Waals surface area contributed by atoms with Gasteiger partial charge < -0.3 is 9.88 Å². The van der Waals surface area contributed by atoms with Crippen LogP contribution in [0.2, 0.25) is 0 Å². The molecule has 0 aliphatic heterocycles. The molecular weight excluding hydrogens is 390 g/mol. The van der Waals surface area contributed by atoms with Crippen LogP contribution in [0.5, 0.6) is 0 Å². The third kappa shape index (κ3) is 3.52. The summed E-state index contributed by atoms with van der Waals surface area (Å²) in [5.41, 5.74) is 5.26. The van der Waals surface area contributed by atoms with Crippen LogP contribution in [0.25, 0.3) is 17.2 Å². The van der Waals surface area contributed by atoms with Crippen LogP contribution in [0.1, 0.15) is 28.8 Å². The van der Waals surface area contributed by atoms with Crippen molar-refractivity contribution < 1.29 is 4.79 Å². The van der Waals surface area contributed by atoms with Gasteiger partial charge in [-0.3, -0.25) is 9.59 Å². The largest absolute Gasteiger partial charge is 0.325 e. The fraction of sp³-hybridized carbons (Fsp3) is 0.250. The minimum atomic E-state index is -0.158. The van der Waals surface area contributed by atoms with Crippen LogP contribution < -0.4 is 10.9 Å². The number of nitrogens with one attached hydrogen (secondary N) is 1. The predicted octanol–water partition coefficient (Wildman–Crippen LogP) is 3.30. The van der Waals surface area contributed by atoms with Gasteiger partial charge in [0.15, 0.2) is 5.82 Å². The Hall–Kier alpha value is -3.74. The molecule has 0 bridgehead atoms. The van der Waals surface area contributed by atoms with Crippen molar-refractivity contribution in [3.05, 3.63) is 81.3 Å². The third-order valence-corrected chi connectivity index (χ3v) is 5.64. The molecule has 2 heterocycles. The van der Waals surface area contributed by atoms with E-state index in [2.05, 4.69) is 21.5 Å². The third-order valence-electron chi connectivity index (χ3n) is 5.64. The summed E-state index contributed by atoms with van der Waals surface area (Å²) in [7, 11) is 0. The van der Waals surface area contributed by atoms with E-state index in [1.165, 1.54) is 4.52 Å². The molecule has 7 nitrogen and oxygen atoms in total. The van der Waals surface area contributed by atoms with Crippen molar-refractivity contribution >= 4 is 17.4 Å². The lowest BCUT2D eigenvalue weighted by Crippen LogP contribution is -2.28. The lowest BCUT2D eigenvalue weighted by atomic mass is 10.1. The summed E-state index contributed by atoms with van der Waals surface area (Å²) < 4.78 is 3.19. The molecule has 0 spiro atoms. The minimum absolute atomic E-state index is 0.0754. The Kier molecular flexibility index (Phi) is 4.66. The maximum Gasteiger partial charge on any atom is 0.279 e. The second kappa shape index (κ2) is 7.50. The number of hydrogen-bond donors (Lipinski definition) is 1. The van der Waals surface area contributed by atoms with Crippen LogP contribution in [0, 0.1) is 13.8 Å². The Morgan fingerprint density at radius 1 is 1.06 bits per heavy atom. The highest BCUT2D eigenvalue weighted by atomic mass is 16.2. The van der Waals surface area contributed by atoms with Crippen molar-refractivity contribution in [1.29, 1.82) is 0 Å². The van der Waals surface area contributed by atoms with Gasteiger partial charge in [-0.2, -0.15) is 9.50 Å². The summed E-state index contributed by atoms with van der Waals surface area (Å²) >= 11 is 0. The molecule has 1 N–H and O–H groups in total. The van der Waals surface area contributed by atoms with Gasteiger partial charge in [0.25, 0.3) is 5.56 Å². The normalized spacial score (nSPS) is 12.8. The second-order valence-electron chi connectivity index (χ2n) is 8.11. The van der Waals surface area contributed by atoms with Crippen LogP contribution in [0.3, 0.4) is 0 Å². The molecular formula is C24H23N5O2. The Labute approximate surface area is 179 Å². The van der Waals surface area contributed by atoms with Gasteiger partial charge >= 0.3 is 0 Å². The van der Waals surface area contributed by atoms with Gasteiger partial charge in [-0.1, -0.05) is 36.4 Å². The summed E-state index contributed by atoms with van der Waals surface area (Å²) in [6.07, 6.45) is 2.34. The standard InChI is InChI=1S/C24H23N5O2/c1-15-11-16(2)13-18(12-15)25-21(30)14-28-20-10-6-9-19(20)23(31)29-24(28)26-22(27-29)17-7-4-3-5-8-17/h3-5,7-8,11-13H,6,9-10,14H2,1-2H3,(H,25,30). The van der Waals surface area contributed by atoms with Crippen molar-refractivity contribution in [2.24, 2.45) is 0 Å². The van der Waals surface area contributed by atoms with Gasteiger partial charge in [0.2, 0.25) is 11.7 Å². The monoisotopic (exact) mass is 413 g/mol. The molecule has 1 aliphatic rings. The maximum absolute atomic E-state index is 13.0. The lowest BCUT2D eigenvalue weighted by molar-refractivity contribution is -0.116. The Morgan fingerprint density at radius 2 is 1.81 bits per heavy atom. The first-order chi connectivity index (χ1) is 15.0. The molecule has 1 amide bonds. The molecule has 156 valence electrons. The highest BCUT2D eigenvalue weighted by Gasteiger charge is 2.25. The number of amides is 1. The molecule has 0 unspecified atom stereocenters. The quantitative estimate of drug-likeness (QED) is 0.557. The number of aromatic nitrogens is 4. The van der Waals surface area contributed by atoms with Gasteiger partial charge in [0, 0.05) is 22.5 Å². The molecule has 0 fully saturated rings. The second-order valence-corrected chi connectivity index (χ2v) is 8.11. The highest BCUT2D eigenvalue weighted by Crippen LogP contribution is 2.23. The van der Waals surface area contributed by atoms with Gasteiger partial charge in [-0.25, -0.2) is 0 Å². The van der Waals surface area contributed by atoms with Crippen LogP contribution in [-0.2, 0) is 24.2 Å². The molecule has 2 aromatic heterocycles. The van der Waals surface area contributed by atoms with Crippen molar-refractivity contribution in [1.82, 2.24) is 19.2 Å². The molecule has 2 aromatic carbocycles. The lowest BCUT2D eigenvalue weighted by Gasteiger charge is -2.14. The zero-order valence-electron chi connectivity index (χ0n) is 17.6. The Morgan fingerprint density at radius 3 is 2.55 bits per heavy atom. The van der Waals surface area contributed by atoms with E-state index in [-0.39, 0.29) is 18.0 Å². The van der Waals surface area contributed by atoms with Crippen LogP contribution in [0.15, 0.2) is 53.3 Å². The van der Waals surface area contributed by atoms with E-state index in [4.69, 9.17) is 0 Å². The Balaban J connectivity index is 1.57. The molecule has 0 saturated carbocycles. The fourth-order valence-electron chi connectivity index (χ4n) is 4.39. The van der Waals surface area contributed by atoms with Gasteiger partial charge in [-0.05, 0) is 56.4 Å². The summed E-state index contributed by atoms with van der Waals surface area (Å²) in [5, 5.41) is 7.46. The first-order valence-electron chi connectivity index (χ1n) is 10.4. The van der Waals surface area contributed by atoms with E-state index in [1.807, 2.05) is 60.9 Å². The molecule has 1 aliphatic carbocycles. The molecule has 7 heteroatoms. The zero-order valence-corrected chi connectivity index (χ0v) is 17.6.